The molecule has 1 unspecified atom stereocenters. The SMILES string of the molecule is CC(/C=C\[C@H](CO)NC(=O)OC(C)(C)C)OCc1ccccc1. The van der Waals surface area contributed by atoms with E-state index in [-0.39, 0.29) is 12.7 Å². The smallest absolute Gasteiger partial charge is 0.408 e. The molecule has 5 heteroatoms. The van der Waals surface area contributed by atoms with Crippen LogP contribution in [0.2, 0.25) is 0 Å². The number of hydrogen-bond donors (Lipinski definition) is 2. The number of benzene rings is 1. The highest BCUT2D eigenvalue weighted by Crippen LogP contribution is 2.07. The Kier molecular flexibility index (Phi) is 7.78. The molecule has 1 aromatic rings. The molecule has 1 aromatic carbocycles. The molecule has 0 aliphatic rings. The van der Waals surface area contributed by atoms with Crippen LogP contribution in [-0.4, -0.2) is 35.6 Å². The Labute approximate surface area is 138 Å². The molecular formula is C18H27NO4. The van der Waals surface area contributed by atoms with E-state index in [4.69, 9.17) is 9.47 Å². The quantitative estimate of drug-likeness (QED) is 0.758. The van der Waals surface area contributed by atoms with Crippen LogP contribution in [0.5, 0.6) is 0 Å². The van der Waals surface area contributed by atoms with Crippen LogP contribution in [0.25, 0.3) is 0 Å². The second kappa shape index (κ2) is 9.33. The predicted molar refractivity (Wildman–Crippen MR) is 90.1 cm³/mol. The van der Waals surface area contributed by atoms with E-state index in [2.05, 4.69) is 5.32 Å². The van der Waals surface area contributed by atoms with Gasteiger partial charge in [0.2, 0.25) is 0 Å². The largest absolute Gasteiger partial charge is 0.444 e. The van der Waals surface area contributed by atoms with Gasteiger partial charge in [0.15, 0.2) is 0 Å². The molecule has 0 spiro atoms. The topological polar surface area (TPSA) is 67.8 Å². The molecule has 0 aliphatic heterocycles. The van der Waals surface area contributed by atoms with E-state index < -0.39 is 17.7 Å². The van der Waals surface area contributed by atoms with Crippen LogP contribution in [0.1, 0.15) is 33.3 Å². The number of aliphatic hydroxyl groups is 1. The zero-order valence-electron chi connectivity index (χ0n) is 14.3. The number of nitrogens with one attached hydrogen (secondary N) is 1. The number of hydrogen-bond acceptors (Lipinski definition) is 4. The summed E-state index contributed by atoms with van der Waals surface area (Å²) >= 11 is 0. The first-order chi connectivity index (χ1) is 10.8. The van der Waals surface area contributed by atoms with Crippen LogP contribution in [0, 0.1) is 0 Å². The van der Waals surface area contributed by atoms with Crippen LogP contribution >= 0.6 is 0 Å². The molecule has 0 saturated heterocycles. The van der Waals surface area contributed by atoms with Gasteiger partial charge in [0, 0.05) is 0 Å². The number of ether oxygens (including phenoxy) is 2. The van der Waals surface area contributed by atoms with Gasteiger partial charge >= 0.3 is 6.09 Å². The molecule has 0 aliphatic carbocycles. The van der Waals surface area contributed by atoms with E-state index in [1.807, 2.05) is 37.3 Å². The summed E-state index contributed by atoms with van der Waals surface area (Å²) in [6.07, 6.45) is 2.82. The average Bonchev–Trinajstić information content (AvgIpc) is 2.48. The molecular weight excluding hydrogens is 294 g/mol. The first-order valence-electron chi connectivity index (χ1n) is 7.74. The van der Waals surface area contributed by atoms with Crippen LogP contribution in [0.3, 0.4) is 0 Å². The molecule has 1 amide bonds. The van der Waals surface area contributed by atoms with Crippen molar-refractivity contribution in [3.05, 3.63) is 48.0 Å². The van der Waals surface area contributed by atoms with Crippen molar-refractivity contribution >= 4 is 6.09 Å². The molecule has 0 aromatic heterocycles. The van der Waals surface area contributed by atoms with Gasteiger partial charge in [-0.05, 0) is 33.3 Å². The lowest BCUT2D eigenvalue weighted by Crippen LogP contribution is -2.40. The second-order valence-electron chi connectivity index (χ2n) is 6.32. The fraction of sp³-hybridized carbons (Fsp3) is 0.500. The van der Waals surface area contributed by atoms with Gasteiger partial charge in [0.1, 0.15) is 5.60 Å². The maximum atomic E-state index is 11.7. The number of aliphatic hydroxyl groups excluding tert-OH is 1. The van der Waals surface area contributed by atoms with Crippen molar-refractivity contribution in [1.82, 2.24) is 5.32 Å². The van der Waals surface area contributed by atoms with Gasteiger partial charge in [0.05, 0.1) is 25.4 Å². The normalized spacial score (nSPS) is 14.5. The molecule has 0 radical (unpaired) electrons. The lowest BCUT2D eigenvalue weighted by Gasteiger charge is -2.21. The number of carbonyl (C=O) groups is 1. The summed E-state index contributed by atoms with van der Waals surface area (Å²) in [4.78, 5) is 11.7. The van der Waals surface area contributed by atoms with E-state index >= 15 is 0 Å². The van der Waals surface area contributed by atoms with Crippen molar-refractivity contribution in [2.45, 2.75) is 52.0 Å². The maximum Gasteiger partial charge on any atom is 0.408 e. The Balaban J connectivity index is 2.41. The zero-order valence-corrected chi connectivity index (χ0v) is 14.3. The van der Waals surface area contributed by atoms with Gasteiger partial charge in [-0.3, -0.25) is 0 Å². The molecule has 128 valence electrons. The molecule has 0 fully saturated rings. The highest BCUT2D eigenvalue weighted by molar-refractivity contribution is 5.68. The zero-order chi connectivity index (χ0) is 17.3. The lowest BCUT2D eigenvalue weighted by atomic mass is 10.2. The molecule has 2 N–H and O–H groups in total. The third-order valence-electron chi connectivity index (χ3n) is 2.87. The Morgan fingerprint density at radius 1 is 1.26 bits per heavy atom. The summed E-state index contributed by atoms with van der Waals surface area (Å²) in [5.74, 6) is 0. The standard InChI is InChI=1S/C18H27NO4/c1-14(22-13-15-8-6-5-7-9-15)10-11-16(12-20)19-17(21)23-18(2,3)4/h5-11,14,16,20H,12-13H2,1-4H3,(H,19,21)/b11-10-/t14?,16-/m1/s1. The Morgan fingerprint density at radius 3 is 2.48 bits per heavy atom. The number of alkyl carbamates (subject to hydrolysis) is 1. The van der Waals surface area contributed by atoms with Gasteiger partial charge in [-0.1, -0.05) is 42.5 Å². The van der Waals surface area contributed by atoms with Gasteiger partial charge in [-0.25, -0.2) is 4.79 Å². The number of amides is 1. The lowest BCUT2D eigenvalue weighted by molar-refractivity contribution is 0.0496. The van der Waals surface area contributed by atoms with Crippen molar-refractivity contribution in [3.8, 4) is 0 Å². The van der Waals surface area contributed by atoms with Crippen molar-refractivity contribution < 1.29 is 19.4 Å². The number of rotatable bonds is 7. The van der Waals surface area contributed by atoms with Crippen molar-refractivity contribution in [1.29, 1.82) is 0 Å². The van der Waals surface area contributed by atoms with Gasteiger partial charge in [-0.2, -0.15) is 0 Å². The summed E-state index contributed by atoms with van der Waals surface area (Å²) in [6.45, 7) is 7.57. The maximum absolute atomic E-state index is 11.7. The van der Waals surface area contributed by atoms with Crippen LogP contribution in [0.15, 0.2) is 42.5 Å². The minimum absolute atomic E-state index is 0.135. The monoisotopic (exact) mass is 321 g/mol. The van der Waals surface area contributed by atoms with E-state index in [0.717, 1.165) is 5.56 Å². The molecule has 23 heavy (non-hydrogen) atoms. The first kappa shape index (κ1) is 19.2. The Hall–Kier alpha value is -1.85. The van der Waals surface area contributed by atoms with Crippen LogP contribution < -0.4 is 5.32 Å². The van der Waals surface area contributed by atoms with E-state index in [9.17, 15) is 9.90 Å². The number of carbonyl (C=O) groups excluding carboxylic acids is 1. The summed E-state index contributed by atoms with van der Waals surface area (Å²) < 4.78 is 10.9. The molecule has 0 bridgehead atoms. The fourth-order valence-electron chi connectivity index (χ4n) is 1.76. The highest BCUT2D eigenvalue weighted by atomic mass is 16.6. The summed E-state index contributed by atoms with van der Waals surface area (Å²) in [7, 11) is 0. The van der Waals surface area contributed by atoms with Crippen molar-refractivity contribution in [2.24, 2.45) is 0 Å². The predicted octanol–water partition coefficient (Wildman–Crippen LogP) is 3.03. The summed E-state index contributed by atoms with van der Waals surface area (Å²) in [6, 6.07) is 9.37. The minimum atomic E-state index is -0.570. The van der Waals surface area contributed by atoms with E-state index in [1.54, 1.807) is 32.9 Å². The van der Waals surface area contributed by atoms with Gasteiger partial charge in [0.25, 0.3) is 0 Å². The van der Waals surface area contributed by atoms with Crippen LogP contribution in [0.4, 0.5) is 4.79 Å². The van der Waals surface area contributed by atoms with Gasteiger partial charge < -0.3 is 19.9 Å². The third kappa shape index (κ3) is 9.01. The van der Waals surface area contributed by atoms with E-state index in [0.29, 0.717) is 6.61 Å². The average molecular weight is 321 g/mol. The first-order valence-corrected chi connectivity index (χ1v) is 7.74. The second-order valence-corrected chi connectivity index (χ2v) is 6.32. The molecule has 0 saturated carbocycles. The molecule has 2 atom stereocenters. The molecule has 1 rings (SSSR count). The third-order valence-corrected chi connectivity index (χ3v) is 2.87. The Bertz CT molecular complexity index is 493. The fourth-order valence-corrected chi connectivity index (χ4v) is 1.76. The summed E-state index contributed by atoms with van der Waals surface area (Å²) in [5, 5.41) is 11.9. The van der Waals surface area contributed by atoms with Crippen molar-refractivity contribution in [2.75, 3.05) is 6.61 Å². The highest BCUT2D eigenvalue weighted by Gasteiger charge is 2.18. The summed E-state index contributed by atoms with van der Waals surface area (Å²) in [5.41, 5.74) is 0.526. The van der Waals surface area contributed by atoms with Crippen molar-refractivity contribution in [3.63, 3.8) is 0 Å². The molecule has 5 nitrogen and oxygen atoms in total. The van der Waals surface area contributed by atoms with E-state index in [1.165, 1.54) is 0 Å². The Morgan fingerprint density at radius 2 is 1.91 bits per heavy atom. The van der Waals surface area contributed by atoms with Crippen LogP contribution in [-0.2, 0) is 16.1 Å². The molecule has 0 heterocycles. The van der Waals surface area contributed by atoms with Gasteiger partial charge in [-0.15, -0.1) is 0 Å². The minimum Gasteiger partial charge on any atom is -0.444 e.